The minimum atomic E-state index is 0.684. The average molecular weight is 350 g/mol. The van der Waals surface area contributed by atoms with Crippen molar-refractivity contribution in [1.82, 2.24) is 0 Å². The van der Waals surface area contributed by atoms with Gasteiger partial charge in [-0.25, -0.2) is 0 Å². The first kappa shape index (κ1) is 15.7. The van der Waals surface area contributed by atoms with Crippen molar-refractivity contribution in [2.24, 2.45) is 0 Å². The molecule has 0 amide bonds. The molecular formula is C17H20BrNO2. The molecule has 0 saturated carbocycles. The third kappa shape index (κ3) is 3.70. The summed E-state index contributed by atoms with van der Waals surface area (Å²) in [7, 11) is 3.35. The predicted octanol–water partition coefficient (Wildman–Crippen LogP) is 4.70. The number of halogens is 1. The van der Waals surface area contributed by atoms with Gasteiger partial charge >= 0.3 is 0 Å². The van der Waals surface area contributed by atoms with E-state index >= 15 is 0 Å². The highest BCUT2D eigenvalue weighted by Gasteiger charge is 2.08. The van der Waals surface area contributed by atoms with Crippen LogP contribution in [0.4, 0.5) is 5.69 Å². The fourth-order valence-corrected chi connectivity index (χ4v) is 3.08. The topological polar surface area (TPSA) is 30.5 Å². The summed E-state index contributed by atoms with van der Waals surface area (Å²) in [6.07, 6.45) is 0. The summed E-state index contributed by atoms with van der Waals surface area (Å²) in [5, 5.41) is 3.49. The van der Waals surface area contributed by atoms with Crippen LogP contribution in [0.25, 0.3) is 0 Å². The van der Waals surface area contributed by atoms with E-state index in [1.165, 1.54) is 11.1 Å². The summed E-state index contributed by atoms with van der Waals surface area (Å²) in [6, 6.07) is 10.0. The van der Waals surface area contributed by atoms with Gasteiger partial charge in [0.1, 0.15) is 11.5 Å². The molecule has 0 radical (unpaired) electrons. The Kier molecular flexibility index (Phi) is 5.12. The minimum absolute atomic E-state index is 0.684. The number of hydrogen-bond donors (Lipinski definition) is 1. The highest BCUT2D eigenvalue weighted by Crippen LogP contribution is 2.28. The van der Waals surface area contributed by atoms with Crippen molar-refractivity contribution in [3.8, 4) is 11.5 Å². The lowest BCUT2D eigenvalue weighted by Gasteiger charge is -2.16. The van der Waals surface area contributed by atoms with Crippen LogP contribution < -0.4 is 14.8 Å². The Morgan fingerprint density at radius 2 is 1.67 bits per heavy atom. The third-order valence-electron chi connectivity index (χ3n) is 3.44. The summed E-state index contributed by atoms with van der Waals surface area (Å²) in [5.74, 6) is 1.69. The number of methoxy groups -OCH3 is 2. The Morgan fingerprint density at radius 1 is 1.00 bits per heavy atom. The van der Waals surface area contributed by atoms with Gasteiger partial charge in [0.25, 0.3) is 0 Å². The molecule has 0 aromatic heterocycles. The van der Waals surface area contributed by atoms with Crippen molar-refractivity contribution < 1.29 is 9.47 Å². The molecule has 2 rings (SSSR count). The normalized spacial score (nSPS) is 10.3. The molecule has 0 bridgehead atoms. The van der Waals surface area contributed by atoms with Gasteiger partial charge < -0.3 is 14.8 Å². The van der Waals surface area contributed by atoms with Crippen molar-refractivity contribution in [3.05, 3.63) is 51.5 Å². The van der Waals surface area contributed by atoms with Gasteiger partial charge in [0.2, 0.25) is 0 Å². The first-order chi connectivity index (χ1) is 10.0. The van der Waals surface area contributed by atoms with Gasteiger partial charge in [-0.1, -0.05) is 15.9 Å². The fraction of sp³-hybridized carbons (Fsp3) is 0.294. The molecular weight excluding hydrogens is 330 g/mol. The molecule has 0 aliphatic carbocycles. The highest BCUT2D eigenvalue weighted by atomic mass is 79.9. The number of hydrogen-bond acceptors (Lipinski definition) is 3. The molecule has 0 unspecified atom stereocenters. The predicted molar refractivity (Wildman–Crippen MR) is 90.5 cm³/mol. The van der Waals surface area contributed by atoms with Gasteiger partial charge in [0.15, 0.2) is 0 Å². The largest absolute Gasteiger partial charge is 0.497 e. The summed E-state index contributed by atoms with van der Waals surface area (Å²) in [6.45, 7) is 4.88. The highest BCUT2D eigenvalue weighted by molar-refractivity contribution is 9.10. The summed E-state index contributed by atoms with van der Waals surface area (Å²) >= 11 is 3.52. The molecule has 112 valence electrons. The lowest BCUT2D eigenvalue weighted by Crippen LogP contribution is -2.05. The molecule has 0 atom stereocenters. The standard InChI is InChI=1S/C17H20BrNO2/c1-11-7-14(18)8-12(2)17(11)19-10-13-9-15(20-3)5-6-16(13)21-4/h5-9,19H,10H2,1-4H3. The van der Waals surface area contributed by atoms with Crippen LogP contribution in [0.3, 0.4) is 0 Å². The quantitative estimate of drug-likeness (QED) is 0.848. The maximum Gasteiger partial charge on any atom is 0.124 e. The molecule has 0 heterocycles. The summed E-state index contributed by atoms with van der Waals surface area (Å²) < 4.78 is 11.8. The van der Waals surface area contributed by atoms with E-state index < -0.39 is 0 Å². The average Bonchev–Trinajstić information content (AvgIpc) is 2.45. The molecule has 0 aliphatic heterocycles. The van der Waals surface area contributed by atoms with Gasteiger partial charge in [0.05, 0.1) is 14.2 Å². The first-order valence-electron chi connectivity index (χ1n) is 6.76. The molecule has 21 heavy (non-hydrogen) atoms. The van der Waals surface area contributed by atoms with E-state index in [0.29, 0.717) is 6.54 Å². The molecule has 0 spiro atoms. The van der Waals surface area contributed by atoms with Crippen LogP contribution in [-0.4, -0.2) is 14.2 Å². The number of aryl methyl sites for hydroxylation is 2. The second-order valence-corrected chi connectivity index (χ2v) is 5.86. The second kappa shape index (κ2) is 6.85. The van der Waals surface area contributed by atoms with Crippen molar-refractivity contribution in [1.29, 1.82) is 0 Å². The lowest BCUT2D eigenvalue weighted by atomic mass is 10.1. The zero-order valence-corrected chi connectivity index (χ0v) is 14.4. The second-order valence-electron chi connectivity index (χ2n) is 4.95. The van der Waals surface area contributed by atoms with Crippen LogP contribution in [0.15, 0.2) is 34.8 Å². The van der Waals surface area contributed by atoms with Gasteiger partial charge in [0, 0.05) is 22.3 Å². The molecule has 0 saturated heterocycles. The molecule has 4 heteroatoms. The van der Waals surface area contributed by atoms with Crippen LogP contribution in [-0.2, 0) is 6.54 Å². The van der Waals surface area contributed by atoms with Crippen LogP contribution in [0.5, 0.6) is 11.5 Å². The number of benzene rings is 2. The Labute approximate surface area is 134 Å². The SMILES string of the molecule is COc1ccc(OC)c(CNc2c(C)cc(Br)cc2C)c1. The number of rotatable bonds is 5. The van der Waals surface area contributed by atoms with E-state index in [2.05, 4.69) is 47.2 Å². The van der Waals surface area contributed by atoms with E-state index in [4.69, 9.17) is 9.47 Å². The monoisotopic (exact) mass is 349 g/mol. The molecule has 0 fully saturated rings. The van der Waals surface area contributed by atoms with Crippen molar-refractivity contribution in [2.75, 3.05) is 19.5 Å². The number of ether oxygens (including phenoxy) is 2. The first-order valence-corrected chi connectivity index (χ1v) is 7.56. The van der Waals surface area contributed by atoms with E-state index in [-0.39, 0.29) is 0 Å². The van der Waals surface area contributed by atoms with Gasteiger partial charge in [-0.15, -0.1) is 0 Å². The fourth-order valence-electron chi connectivity index (χ4n) is 2.39. The Balaban J connectivity index is 2.24. The Hall–Kier alpha value is -1.68. The van der Waals surface area contributed by atoms with E-state index in [1.54, 1.807) is 14.2 Å². The lowest BCUT2D eigenvalue weighted by molar-refractivity contribution is 0.399. The van der Waals surface area contributed by atoms with Crippen LogP contribution >= 0.6 is 15.9 Å². The maximum absolute atomic E-state index is 5.41. The minimum Gasteiger partial charge on any atom is -0.497 e. The van der Waals surface area contributed by atoms with Gasteiger partial charge in [-0.05, 0) is 55.3 Å². The van der Waals surface area contributed by atoms with Gasteiger partial charge in [-0.3, -0.25) is 0 Å². The third-order valence-corrected chi connectivity index (χ3v) is 3.90. The summed E-state index contributed by atoms with van der Waals surface area (Å²) in [5.41, 5.74) is 4.65. The molecule has 2 aromatic carbocycles. The number of anilines is 1. The molecule has 0 aliphatic rings. The van der Waals surface area contributed by atoms with E-state index in [9.17, 15) is 0 Å². The van der Waals surface area contributed by atoms with Crippen LogP contribution in [0, 0.1) is 13.8 Å². The van der Waals surface area contributed by atoms with E-state index in [0.717, 1.165) is 27.2 Å². The number of nitrogens with one attached hydrogen (secondary N) is 1. The van der Waals surface area contributed by atoms with Crippen molar-refractivity contribution in [2.45, 2.75) is 20.4 Å². The molecule has 1 N–H and O–H groups in total. The van der Waals surface area contributed by atoms with Crippen LogP contribution in [0.2, 0.25) is 0 Å². The van der Waals surface area contributed by atoms with Gasteiger partial charge in [-0.2, -0.15) is 0 Å². The molecule has 2 aromatic rings. The zero-order chi connectivity index (χ0) is 15.4. The van der Waals surface area contributed by atoms with Crippen LogP contribution in [0.1, 0.15) is 16.7 Å². The van der Waals surface area contributed by atoms with Crippen molar-refractivity contribution in [3.63, 3.8) is 0 Å². The van der Waals surface area contributed by atoms with Crippen molar-refractivity contribution >= 4 is 21.6 Å². The molecule has 3 nitrogen and oxygen atoms in total. The summed E-state index contributed by atoms with van der Waals surface area (Å²) in [4.78, 5) is 0. The smallest absolute Gasteiger partial charge is 0.124 e. The Morgan fingerprint density at radius 3 is 2.24 bits per heavy atom. The maximum atomic E-state index is 5.41. The zero-order valence-electron chi connectivity index (χ0n) is 12.8. The Bertz CT molecular complexity index is 618. The van der Waals surface area contributed by atoms with E-state index in [1.807, 2.05) is 18.2 Å².